The van der Waals surface area contributed by atoms with Gasteiger partial charge < -0.3 is 15.7 Å². The number of rotatable bonds is 6. The van der Waals surface area contributed by atoms with Crippen molar-refractivity contribution in [3.8, 4) is 0 Å². The van der Waals surface area contributed by atoms with E-state index in [4.69, 9.17) is 5.11 Å². The molecule has 1 rings (SSSR count). The third-order valence-corrected chi connectivity index (χ3v) is 2.62. The average Bonchev–Trinajstić information content (AvgIpc) is 2.31. The van der Waals surface area contributed by atoms with Crippen LogP contribution in [0.25, 0.3) is 0 Å². The van der Waals surface area contributed by atoms with Gasteiger partial charge in [0.25, 0.3) is 0 Å². The fourth-order valence-electron chi connectivity index (χ4n) is 1.58. The smallest absolute Gasteiger partial charge is 0.221 e. The van der Waals surface area contributed by atoms with E-state index >= 15 is 0 Å². The first-order valence-electron chi connectivity index (χ1n) is 5.87. The Kier molecular flexibility index (Phi) is 5.66. The van der Waals surface area contributed by atoms with Crippen molar-refractivity contribution in [2.75, 3.05) is 11.9 Å². The second-order valence-corrected chi connectivity index (χ2v) is 4.01. The Morgan fingerprint density at radius 2 is 2.12 bits per heavy atom. The predicted molar refractivity (Wildman–Crippen MR) is 68.8 cm³/mol. The summed E-state index contributed by atoms with van der Waals surface area (Å²) in [6, 6.07) is 7.75. The number of nitrogens with one attached hydrogen (secondary N) is 2. The Balaban J connectivity index is 2.66. The summed E-state index contributed by atoms with van der Waals surface area (Å²) in [6.45, 7) is 4.27. The summed E-state index contributed by atoms with van der Waals surface area (Å²) in [5, 5.41) is 15.1. The SMILES string of the molecule is CCC(CO)NCc1ccccc1NC(C)=O. The lowest BCUT2D eigenvalue weighted by atomic mass is 10.1. The maximum atomic E-state index is 11.0. The quantitative estimate of drug-likeness (QED) is 0.701. The van der Waals surface area contributed by atoms with E-state index in [-0.39, 0.29) is 18.6 Å². The molecule has 0 heterocycles. The third-order valence-electron chi connectivity index (χ3n) is 2.62. The van der Waals surface area contributed by atoms with Crippen LogP contribution >= 0.6 is 0 Å². The van der Waals surface area contributed by atoms with E-state index in [1.54, 1.807) is 0 Å². The molecular formula is C13H20N2O2. The highest BCUT2D eigenvalue weighted by Crippen LogP contribution is 2.14. The summed E-state index contributed by atoms with van der Waals surface area (Å²) in [5.74, 6) is -0.0772. The van der Waals surface area contributed by atoms with E-state index in [1.807, 2.05) is 31.2 Å². The molecule has 0 bridgehead atoms. The van der Waals surface area contributed by atoms with Crippen LogP contribution in [0.3, 0.4) is 0 Å². The zero-order valence-corrected chi connectivity index (χ0v) is 10.4. The number of hydrogen-bond donors (Lipinski definition) is 3. The molecule has 0 aromatic heterocycles. The summed E-state index contributed by atoms with van der Waals surface area (Å²) in [6.07, 6.45) is 0.874. The Morgan fingerprint density at radius 3 is 2.71 bits per heavy atom. The van der Waals surface area contributed by atoms with E-state index in [0.717, 1.165) is 17.7 Å². The maximum Gasteiger partial charge on any atom is 0.221 e. The van der Waals surface area contributed by atoms with Crippen LogP contribution in [0.1, 0.15) is 25.8 Å². The van der Waals surface area contributed by atoms with Crippen LogP contribution in [0.2, 0.25) is 0 Å². The molecule has 1 aromatic carbocycles. The van der Waals surface area contributed by atoms with Crippen molar-refractivity contribution < 1.29 is 9.90 Å². The zero-order valence-electron chi connectivity index (χ0n) is 10.4. The minimum absolute atomic E-state index is 0.0772. The Morgan fingerprint density at radius 1 is 1.41 bits per heavy atom. The van der Waals surface area contributed by atoms with Crippen molar-refractivity contribution in [2.24, 2.45) is 0 Å². The van der Waals surface area contributed by atoms with E-state index < -0.39 is 0 Å². The van der Waals surface area contributed by atoms with E-state index in [0.29, 0.717) is 6.54 Å². The first-order valence-corrected chi connectivity index (χ1v) is 5.87. The van der Waals surface area contributed by atoms with E-state index in [1.165, 1.54) is 6.92 Å². The van der Waals surface area contributed by atoms with Crippen molar-refractivity contribution in [3.05, 3.63) is 29.8 Å². The molecule has 3 N–H and O–H groups in total. The number of aliphatic hydroxyl groups excluding tert-OH is 1. The molecule has 0 aliphatic rings. The van der Waals surface area contributed by atoms with Gasteiger partial charge in [-0.2, -0.15) is 0 Å². The number of para-hydroxylation sites is 1. The molecular weight excluding hydrogens is 216 g/mol. The second-order valence-electron chi connectivity index (χ2n) is 4.01. The van der Waals surface area contributed by atoms with Gasteiger partial charge in [-0.3, -0.25) is 4.79 Å². The predicted octanol–water partition coefficient (Wildman–Crippen LogP) is 1.51. The van der Waals surface area contributed by atoms with Crippen LogP contribution in [0, 0.1) is 0 Å². The molecule has 1 amide bonds. The van der Waals surface area contributed by atoms with E-state index in [9.17, 15) is 4.79 Å². The zero-order chi connectivity index (χ0) is 12.7. The standard InChI is InChI=1S/C13H20N2O2/c1-3-12(9-16)14-8-11-6-4-5-7-13(11)15-10(2)17/h4-7,12,14,16H,3,8-9H2,1-2H3,(H,15,17). The fourth-order valence-corrected chi connectivity index (χ4v) is 1.58. The van der Waals surface area contributed by atoms with Crippen LogP contribution < -0.4 is 10.6 Å². The molecule has 4 nitrogen and oxygen atoms in total. The minimum Gasteiger partial charge on any atom is -0.395 e. The number of benzene rings is 1. The Hall–Kier alpha value is -1.39. The lowest BCUT2D eigenvalue weighted by Gasteiger charge is -2.16. The number of aliphatic hydroxyl groups is 1. The van der Waals surface area contributed by atoms with Crippen molar-refractivity contribution in [3.63, 3.8) is 0 Å². The average molecular weight is 236 g/mol. The summed E-state index contributed by atoms with van der Waals surface area (Å²) in [5.41, 5.74) is 1.84. The highest BCUT2D eigenvalue weighted by molar-refractivity contribution is 5.89. The summed E-state index contributed by atoms with van der Waals surface area (Å²) in [4.78, 5) is 11.0. The molecule has 1 unspecified atom stereocenters. The van der Waals surface area contributed by atoms with Crippen LogP contribution in [0.4, 0.5) is 5.69 Å². The molecule has 0 radical (unpaired) electrons. The first-order chi connectivity index (χ1) is 8.17. The summed E-state index contributed by atoms with van der Waals surface area (Å²) < 4.78 is 0. The normalized spacial score (nSPS) is 12.2. The number of amides is 1. The molecule has 94 valence electrons. The lowest BCUT2D eigenvalue weighted by Crippen LogP contribution is -2.31. The van der Waals surface area contributed by atoms with Crippen molar-refractivity contribution >= 4 is 11.6 Å². The van der Waals surface area contributed by atoms with Gasteiger partial charge in [-0.05, 0) is 18.1 Å². The van der Waals surface area contributed by atoms with Gasteiger partial charge in [-0.1, -0.05) is 25.1 Å². The molecule has 4 heteroatoms. The van der Waals surface area contributed by atoms with Gasteiger partial charge in [-0.15, -0.1) is 0 Å². The number of hydrogen-bond acceptors (Lipinski definition) is 3. The van der Waals surface area contributed by atoms with Gasteiger partial charge in [0.15, 0.2) is 0 Å². The molecule has 0 aliphatic carbocycles. The van der Waals surface area contributed by atoms with Gasteiger partial charge in [-0.25, -0.2) is 0 Å². The Bertz CT molecular complexity index is 362. The van der Waals surface area contributed by atoms with Crippen molar-refractivity contribution in [1.82, 2.24) is 5.32 Å². The van der Waals surface area contributed by atoms with Crippen LogP contribution in [-0.4, -0.2) is 23.7 Å². The topological polar surface area (TPSA) is 61.4 Å². The third kappa shape index (κ3) is 4.54. The number of carbonyl (C=O) groups excluding carboxylic acids is 1. The van der Waals surface area contributed by atoms with Gasteiger partial charge in [0.1, 0.15) is 0 Å². The van der Waals surface area contributed by atoms with Crippen LogP contribution in [0.15, 0.2) is 24.3 Å². The molecule has 0 saturated carbocycles. The lowest BCUT2D eigenvalue weighted by molar-refractivity contribution is -0.114. The van der Waals surface area contributed by atoms with Gasteiger partial charge >= 0.3 is 0 Å². The molecule has 0 fully saturated rings. The van der Waals surface area contributed by atoms with Crippen molar-refractivity contribution in [1.29, 1.82) is 0 Å². The van der Waals surface area contributed by atoms with Crippen LogP contribution in [-0.2, 0) is 11.3 Å². The Labute approximate surface area is 102 Å². The molecule has 1 aromatic rings. The summed E-state index contributed by atoms with van der Waals surface area (Å²) >= 11 is 0. The molecule has 17 heavy (non-hydrogen) atoms. The molecule has 0 aliphatic heterocycles. The summed E-state index contributed by atoms with van der Waals surface area (Å²) in [7, 11) is 0. The monoisotopic (exact) mass is 236 g/mol. The molecule has 1 atom stereocenters. The van der Waals surface area contributed by atoms with Gasteiger partial charge in [0.2, 0.25) is 5.91 Å². The van der Waals surface area contributed by atoms with E-state index in [2.05, 4.69) is 10.6 Å². The highest BCUT2D eigenvalue weighted by Gasteiger charge is 2.06. The van der Waals surface area contributed by atoms with Crippen molar-refractivity contribution in [2.45, 2.75) is 32.9 Å². The largest absolute Gasteiger partial charge is 0.395 e. The molecule has 0 spiro atoms. The highest BCUT2D eigenvalue weighted by atomic mass is 16.3. The van der Waals surface area contributed by atoms with Gasteiger partial charge in [0.05, 0.1) is 6.61 Å². The fraction of sp³-hybridized carbons (Fsp3) is 0.462. The minimum atomic E-state index is -0.0772. The maximum absolute atomic E-state index is 11.0. The number of carbonyl (C=O) groups is 1. The number of anilines is 1. The van der Waals surface area contributed by atoms with Crippen LogP contribution in [0.5, 0.6) is 0 Å². The molecule has 0 saturated heterocycles. The van der Waals surface area contributed by atoms with Gasteiger partial charge in [0, 0.05) is 25.2 Å². The second kappa shape index (κ2) is 7.04. The first kappa shape index (κ1) is 13.7.